The molecule has 0 bridgehead atoms. The zero-order valence-electron chi connectivity index (χ0n) is 9.60. The van der Waals surface area contributed by atoms with Crippen LogP contribution >= 0.6 is 0 Å². The van der Waals surface area contributed by atoms with E-state index < -0.39 is 0 Å². The maximum atomic E-state index is 12.9. The lowest BCUT2D eigenvalue weighted by atomic mass is 10.1. The molecule has 2 aromatic rings. The van der Waals surface area contributed by atoms with E-state index in [2.05, 4.69) is 15.5 Å². The van der Waals surface area contributed by atoms with Crippen LogP contribution in [0.2, 0.25) is 0 Å². The molecule has 0 amide bonds. The Morgan fingerprint density at radius 3 is 2.94 bits per heavy atom. The van der Waals surface area contributed by atoms with Crippen molar-refractivity contribution in [2.24, 2.45) is 5.73 Å². The maximum absolute atomic E-state index is 12.9. The van der Waals surface area contributed by atoms with Crippen LogP contribution in [0.1, 0.15) is 17.0 Å². The molecule has 1 heterocycles. The third-order valence-electron chi connectivity index (χ3n) is 2.69. The molecule has 5 nitrogen and oxygen atoms in total. The van der Waals surface area contributed by atoms with Crippen LogP contribution in [0.3, 0.4) is 0 Å². The first kappa shape index (κ1) is 11.7. The molecule has 0 spiro atoms. The summed E-state index contributed by atoms with van der Waals surface area (Å²) in [5, 5.41) is 11.2. The van der Waals surface area contributed by atoms with Crippen LogP contribution in [0.15, 0.2) is 18.2 Å². The molecule has 1 aromatic carbocycles. The number of nitrogens with zero attached hydrogens (tertiary/aromatic N) is 4. The number of benzene rings is 1. The van der Waals surface area contributed by atoms with Crippen molar-refractivity contribution in [3.05, 3.63) is 41.0 Å². The Hall–Kier alpha value is -1.82. The van der Waals surface area contributed by atoms with Crippen LogP contribution in [-0.2, 0) is 19.5 Å². The third-order valence-corrected chi connectivity index (χ3v) is 2.69. The number of hydrogen-bond acceptors (Lipinski definition) is 4. The van der Waals surface area contributed by atoms with Gasteiger partial charge in [0.2, 0.25) is 0 Å². The van der Waals surface area contributed by atoms with Crippen molar-refractivity contribution in [2.75, 3.05) is 0 Å². The van der Waals surface area contributed by atoms with E-state index >= 15 is 0 Å². The van der Waals surface area contributed by atoms with Gasteiger partial charge in [-0.05, 0) is 47.0 Å². The molecule has 1 aromatic heterocycles. The van der Waals surface area contributed by atoms with Gasteiger partial charge in [0, 0.05) is 6.54 Å². The van der Waals surface area contributed by atoms with Gasteiger partial charge in [0.1, 0.15) is 5.82 Å². The quantitative estimate of drug-likeness (QED) is 0.851. The Bertz CT molecular complexity index is 508. The van der Waals surface area contributed by atoms with Crippen LogP contribution in [0.25, 0.3) is 0 Å². The van der Waals surface area contributed by atoms with E-state index in [1.807, 2.05) is 6.92 Å². The van der Waals surface area contributed by atoms with Gasteiger partial charge < -0.3 is 5.73 Å². The van der Waals surface area contributed by atoms with Crippen molar-refractivity contribution in [1.29, 1.82) is 0 Å². The van der Waals surface area contributed by atoms with E-state index in [4.69, 9.17) is 5.73 Å². The molecule has 17 heavy (non-hydrogen) atoms. The molecule has 0 unspecified atom stereocenters. The summed E-state index contributed by atoms with van der Waals surface area (Å²) in [6.45, 7) is 2.85. The molecule has 2 N–H and O–H groups in total. The maximum Gasteiger partial charge on any atom is 0.164 e. The lowest BCUT2D eigenvalue weighted by Gasteiger charge is -2.06. The van der Waals surface area contributed by atoms with Crippen LogP contribution in [0.4, 0.5) is 4.39 Å². The van der Waals surface area contributed by atoms with E-state index in [0.717, 1.165) is 17.5 Å². The van der Waals surface area contributed by atoms with E-state index in [9.17, 15) is 4.39 Å². The Morgan fingerprint density at radius 1 is 1.41 bits per heavy atom. The Kier molecular flexibility index (Phi) is 3.43. The fourth-order valence-corrected chi connectivity index (χ4v) is 1.71. The Morgan fingerprint density at radius 2 is 2.24 bits per heavy atom. The topological polar surface area (TPSA) is 69.6 Å². The number of rotatable bonds is 4. The molecule has 0 aliphatic carbocycles. The molecular formula is C11H14FN5. The zero-order valence-corrected chi connectivity index (χ0v) is 9.60. The summed E-state index contributed by atoms with van der Waals surface area (Å²) in [5.74, 6) is 0.445. The largest absolute Gasteiger partial charge is 0.324 e. The highest BCUT2D eigenvalue weighted by molar-refractivity contribution is 5.26. The first-order chi connectivity index (χ1) is 8.20. The van der Waals surface area contributed by atoms with E-state index in [1.165, 1.54) is 12.1 Å². The highest BCUT2D eigenvalue weighted by Crippen LogP contribution is 2.11. The Balaban J connectivity index is 2.07. The number of nitrogens with two attached hydrogens (primary N) is 1. The molecule has 0 fully saturated rings. The predicted octanol–water partition coefficient (Wildman–Crippen LogP) is 0.822. The van der Waals surface area contributed by atoms with Crippen LogP contribution in [0.5, 0.6) is 0 Å². The summed E-state index contributed by atoms with van der Waals surface area (Å²) < 4.78 is 14.6. The number of aryl methyl sites for hydroxylation is 3. The minimum Gasteiger partial charge on any atom is -0.324 e. The summed E-state index contributed by atoms with van der Waals surface area (Å²) in [4.78, 5) is 0. The average Bonchev–Trinajstić information content (AvgIpc) is 2.75. The van der Waals surface area contributed by atoms with Gasteiger partial charge in [-0.1, -0.05) is 6.07 Å². The fourth-order valence-electron chi connectivity index (χ4n) is 1.71. The van der Waals surface area contributed by atoms with Crippen molar-refractivity contribution in [2.45, 2.75) is 26.4 Å². The van der Waals surface area contributed by atoms with Gasteiger partial charge in [-0.2, -0.15) is 0 Å². The molecule has 0 saturated heterocycles. The second-order valence-corrected chi connectivity index (χ2v) is 3.84. The van der Waals surface area contributed by atoms with Crippen molar-refractivity contribution >= 4 is 0 Å². The van der Waals surface area contributed by atoms with Crippen molar-refractivity contribution in [3.8, 4) is 0 Å². The van der Waals surface area contributed by atoms with Gasteiger partial charge in [0.15, 0.2) is 5.82 Å². The second-order valence-electron chi connectivity index (χ2n) is 3.84. The van der Waals surface area contributed by atoms with E-state index in [-0.39, 0.29) is 5.82 Å². The highest BCUT2D eigenvalue weighted by atomic mass is 19.1. The summed E-state index contributed by atoms with van der Waals surface area (Å²) in [7, 11) is 0. The molecular weight excluding hydrogens is 221 g/mol. The number of halogens is 1. The minimum absolute atomic E-state index is 0.212. The number of tetrazole rings is 1. The molecule has 0 aliphatic rings. The smallest absolute Gasteiger partial charge is 0.164 e. The standard InChI is InChI=1S/C11H14FN5/c1-8-6-10(12)3-2-9(8)4-5-17-11(7-13)14-15-16-17/h2-3,6H,4-5,7,13H2,1H3. The van der Waals surface area contributed by atoms with Crippen molar-refractivity contribution in [1.82, 2.24) is 20.2 Å². The summed E-state index contributed by atoms with van der Waals surface area (Å²) in [6, 6.07) is 4.78. The lowest BCUT2D eigenvalue weighted by molar-refractivity contribution is 0.562. The van der Waals surface area contributed by atoms with Gasteiger partial charge in [0.05, 0.1) is 6.54 Å². The number of hydrogen-bond donors (Lipinski definition) is 1. The summed E-state index contributed by atoms with van der Waals surface area (Å²) in [6.07, 6.45) is 0.754. The van der Waals surface area contributed by atoms with Crippen molar-refractivity contribution in [3.63, 3.8) is 0 Å². The molecule has 0 saturated carbocycles. The van der Waals surface area contributed by atoms with Gasteiger partial charge in [-0.15, -0.1) is 5.10 Å². The monoisotopic (exact) mass is 235 g/mol. The van der Waals surface area contributed by atoms with Gasteiger partial charge >= 0.3 is 0 Å². The summed E-state index contributed by atoms with van der Waals surface area (Å²) in [5.41, 5.74) is 7.53. The van der Waals surface area contributed by atoms with Crippen molar-refractivity contribution < 1.29 is 4.39 Å². The summed E-state index contributed by atoms with van der Waals surface area (Å²) >= 11 is 0. The normalized spacial score (nSPS) is 10.8. The second kappa shape index (κ2) is 5.01. The molecule has 6 heteroatoms. The molecule has 0 atom stereocenters. The van der Waals surface area contributed by atoms with Gasteiger partial charge in [-0.25, -0.2) is 9.07 Å². The van der Waals surface area contributed by atoms with Crippen LogP contribution < -0.4 is 5.73 Å². The minimum atomic E-state index is -0.212. The van der Waals surface area contributed by atoms with Crippen LogP contribution in [0, 0.1) is 12.7 Å². The van der Waals surface area contributed by atoms with E-state index in [0.29, 0.717) is 18.9 Å². The molecule has 90 valence electrons. The van der Waals surface area contributed by atoms with Gasteiger partial charge in [0.25, 0.3) is 0 Å². The molecule has 2 rings (SSSR count). The molecule has 0 radical (unpaired) electrons. The highest BCUT2D eigenvalue weighted by Gasteiger charge is 2.05. The first-order valence-electron chi connectivity index (χ1n) is 5.41. The van der Waals surface area contributed by atoms with Gasteiger partial charge in [-0.3, -0.25) is 0 Å². The molecule has 0 aliphatic heterocycles. The fraction of sp³-hybridized carbons (Fsp3) is 0.364. The first-order valence-corrected chi connectivity index (χ1v) is 5.41. The SMILES string of the molecule is Cc1cc(F)ccc1CCn1nnnc1CN. The van der Waals surface area contributed by atoms with Crippen LogP contribution in [-0.4, -0.2) is 20.2 Å². The third kappa shape index (κ3) is 2.65. The Labute approximate surface area is 98.4 Å². The zero-order chi connectivity index (χ0) is 12.3. The lowest BCUT2D eigenvalue weighted by Crippen LogP contribution is -2.11. The predicted molar refractivity (Wildman–Crippen MR) is 60.5 cm³/mol. The average molecular weight is 235 g/mol. The number of aromatic nitrogens is 4. The van der Waals surface area contributed by atoms with E-state index in [1.54, 1.807) is 10.7 Å².